The molecule has 1 aliphatic heterocycles. The van der Waals surface area contributed by atoms with Gasteiger partial charge < -0.3 is 4.74 Å². The fraction of sp³-hybridized carbons (Fsp3) is 0.889. The molecule has 4 atom stereocenters. The second-order valence-electron chi connectivity index (χ2n) is 4.16. The van der Waals surface area contributed by atoms with Crippen molar-refractivity contribution < 1.29 is 9.53 Å². The van der Waals surface area contributed by atoms with E-state index in [2.05, 4.69) is 0 Å². The van der Waals surface area contributed by atoms with Crippen LogP contribution in [0.2, 0.25) is 0 Å². The van der Waals surface area contributed by atoms with E-state index in [9.17, 15) is 4.79 Å². The molecule has 1 heterocycles. The largest absolute Gasteiger partial charge is 0.462 e. The van der Waals surface area contributed by atoms with Crippen molar-refractivity contribution in [1.82, 2.24) is 0 Å². The molecule has 0 aromatic heterocycles. The van der Waals surface area contributed by atoms with Gasteiger partial charge in [-0.15, -0.1) is 0 Å². The monoisotopic (exact) mass is 152 g/mol. The highest BCUT2D eigenvalue weighted by atomic mass is 16.6. The first-order chi connectivity index (χ1) is 5.34. The average molecular weight is 152 g/mol. The van der Waals surface area contributed by atoms with Gasteiger partial charge in [0.25, 0.3) is 0 Å². The van der Waals surface area contributed by atoms with Crippen LogP contribution in [0, 0.1) is 17.8 Å². The summed E-state index contributed by atoms with van der Waals surface area (Å²) in [6, 6.07) is 0. The van der Waals surface area contributed by atoms with Crippen molar-refractivity contribution in [1.29, 1.82) is 0 Å². The Hall–Kier alpha value is -0.530. The molecule has 0 N–H and O–H groups in total. The molecule has 0 aromatic carbocycles. The van der Waals surface area contributed by atoms with Crippen molar-refractivity contribution >= 4 is 5.97 Å². The molecule has 2 nitrogen and oxygen atoms in total. The maximum atomic E-state index is 11.2. The number of carbonyl (C=O) groups is 1. The third kappa shape index (κ3) is 0.652. The van der Waals surface area contributed by atoms with Gasteiger partial charge in [0.05, 0.1) is 5.92 Å². The number of rotatable bonds is 0. The zero-order valence-corrected chi connectivity index (χ0v) is 6.45. The Morgan fingerprint density at radius 3 is 2.82 bits per heavy atom. The second-order valence-corrected chi connectivity index (χ2v) is 4.16. The molecule has 3 saturated carbocycles. The Kier molecular flexibility index (Phi) is 0.984. The highest BCUT2D eigenvalue weighted by molar-refractivity contribution is 5.75. The van der Waals surface area contributed by atoms with E-state index in [1.807, 2.05) is 0 Å². The second kappa shape index (κ2) is 1.79. The van der Waals surface area contributed by atoms with Crippen LogP contribution in [0.4, 0.5) is 0 Å². The number of ether oxygens (including phenoxy) is 1. The summed E-state index contributed by atoms with van der Waals surface area (Å²) in [4.78, 5) is 11.2. The Balaban J connectivity index is 1.99. The van der Waals surface area contributed by atoms with Crippen LogP contribution in [-0.4, -0.2) is 12.1 Å². The molecular weight excluding hydrogens is 140 g/mol. The van der Waals surface area contributed by atoms with Crippen LogP contribution >= 0.6 is 0 Å². The van der Waals surface area contributed by atoms with Crippen LogP contribution in [0.1, 0.15) is 25.7 Å². The summed E-state index contributed by atoms with van der Waals surface area (Å²) < 4.78 is 5.28. The van der Waals surface area contributed by atoms with Gasteiger partial charge >= 0.3 is 5.97 Å². The molecule has 4 aliphatic rings. The predicted molar refractivity (Wildman–Crippen MR) is 38.8 cm³/mol. The summed E-state index contributed by atoms with van der Waals surface area (Å²) in [5.74, 6) is 1.81. The molecule has 0 unspecified atom stereocenters. The van der Waals surface area contributed by atoms with Gasteiger partial charge in [0.15, 0.2) is 0 Å². The molecule has 0 aromatic rings. The van der Waals surface area contributed by atoms with Gasteiger partial charge in [0.1, 0.15) is 6.10 Å². The molecular formula is C9H12O2. The normalized spacial score (nSPS) is 52.9. The number of hydrogen-bond donors (Lipinski definition) is 0. The van der Waals surface area contributed by atoms with E-state index in [1.54, 1.807) is 0 Å². The van der Waals surface area contributed by atoms with Crippen molar-refractivity contribution in [2.45, 2.75) is 31.8 Å². The zero-order valence-electron chi connectivity index (χ0n) is 6.45. The predicted octanol–water partition coefficient (Wildman–Crippen LogP) is 1.35. The van der Waals surface area contributed by atoms with E-state index in [0.717, 1.165) is 18.8 Å². The Morgan fingerprint density at radius 2 is 2.18 bits per heavy atom. The van der Waals surface area contributed by atoms with Crippen LogP contribution in [0.5, 0.6) is 0 Å². The lowest BCUT2D eigenvalue weighted by atomic mass is 9.65. The number of hydrogen-bond acceptors (Lipinski definition) is 2. The van der Waals surface area contributed by atoms with Crippen LogP contribution in [-0.2, 0) is 9.53 Å². The molecule has 3 aliphatic carbocycles. The minimum Gasteiger partial charge on any atom is -0.462 e. The van der Waals surface area contributed by atoms with Crippen LogP contribution in [0.15, 0.2) is 0 Å². The summed E-state index contributed by atoms with van der Waals surface area (Å²) in [5, 5.41) is 0. The van der Waals surface area contributed by atoms with E-state index >= 15 is 0 Å². The van der Waals surface area contributed by atoms with Crippen molar-refractivity contribution in [2.24, 2.45) is 17.8 Å². The van der Waals surface area contributed by atoms with Gasteiger partial charge in [-0.25, -0.2) is 0 Å². The molecule has 4 rings (SSSR count). The van der Waals surface area contributed by atoms with Crippen LogP contribution in [0.3, 0.4) is 0 Å². The molecule has 4 fully saturated rings. The number of fused-ring (bicyclic) bond motifs is 1. The number of carbonyl (C=O) groups excluding carboxylic acids is 1. The molecule has 60 valence electrons. The van der Waals surface area contributed by atoms with E-state index < -0.39 is 0 Å². The quantitative estimate of drug-likeness (QED) is 0.490. The zero-order chi connectivity index (χ0) is 7.42. The van der Waals surface area contributed by atoms with Gasteiger partial charge in [-0.05, 0) is 31.6 Å². The summed E-state index contributed by atoms with van der Waals surface area (Å²) in [6.45, 7) is 0. The smallest absolute Gasteiger partial charge is 0.309 e. The highest BCUT2D eigenvalue weighted by Gasteiger charge is 2.52. The molecule has 0 spiro atoms. The first-order valence-corrected chi connectivity index (χ1v) is 4.55. The maximum absolute atomic E-state index is 11.2. The van der Waals surface area contributed by atoms with Crippen LogP contribution < -0.4 is 0 Å². The molecule has 0 radical (unpaired) electrons. The summed E-state index contributed by atoms with van der Waals surface area (Å²) >= 11 is 0. The Morgan fingerprint density at radius 1 is 1.27 bits per heavy atom. The van der Waals surface area contributed by atoms with Gasteiger partial charge in [-0.3, -0.25) is 4.79 Å². The fourth-order valence-corrected chi connectivity index (χ4v) is 3.09. The minimum atomic E-state index is 0.0993. The van der Waals surface area contributed by atoms with Gasteiger partial charge in [-0.2, -0.15) is 0 Å². The SMILES string of the molecule is O=C1O[C@@H]2C[C@@H]3CC[C@@H]2[C@@H]1C3. The van der Waals surface area contributed by atoms with E-state index in [4.69, 9.17) is 4.74 Å². The minimum absolute atomic E-state index is 0.0993. The molecule has 4 bridgehead atoms. The standard InChI is InChI=1S/C9H12O2/c10-9-7-3-5-1-2-6(7)8(4-5)11-9/h5-8H,1-4H2/t5-,6-,7+,8-/m1/s1. The average Bonchev–Trinajstić information content (AvgIpc) is 2.25. The van der Waals surface area contributed by atoms with E-state index in [1.165, 1.54) is 12.8 Å². The van der Waals surface area contributed by atoms with Crippen molar-refractivity contribution in [3.8, 4) is 0 Å². The number of esters is 1. The lowest BCUT2D eigenvalue weighted by molar-refractivity contribution is -0.143. The first kappa shape index (κ1) is 6.04. The summed E-state index contributed by atoms with van der Waals surface area (Å²) in [5.41, 5.74) is 0. The summed E-state index contributed by atoms with van der Waals surface area (Å²) in [7, 11) is 0. The molecule has 0 amide bonds. The van der Waals surface area contributed by atoms with Gasteiger partial charge in [-0.1, -0.05) is 0 Å². The fourth-order valence-electron chi connectivity index (χ4n) is 3.09. The van der Waals surface area contributed by atoms with Gasteiger partial charge in [0.2, 0.25) is 0 Å². The topological polar surface area (TPSA) is 26.3 Å². The van der Waals surface area contributed by atoms with E-state index in [0.29, 0.717) is 17.9 Å². The Bertz CT molecular complexity index is 212. The van der Waals surface area contributed by atoms with Crippen molar-refractivity contribution in [3.05, 3.63) is 0 Å². The Labute approximate surface area is 65.9 Å². The lowest BCUT2D eigenvalue weighted by Gasteiger charge is -2.38. The van der Waals surface area contributed by atoms with Crippen molar-refractivity contribution in [3.63, 3.8) is 0 Å². The highest BCUT2D eigenvalue weighted by Crippen LogP contribution is 2.50. The lowest BCUT2D eigenvalue weighted by Crippen LogP contribution is -2.36. The van der Waals surface area contributed by atoms with Gasteiger partial charge in [0, 0.05) is 5.92 Å². The van der Waals surface area contributed by atoms with Crippen LogP contribution in [0.25, 0.3) is 0 Å². The third-order valence-electron chi connectivity index (χ3n) is 3.63. The molecule has 2 heteroatoms. The van der Waals surface area contributed by atoms with E-state index in [-0.39, 0.29) is 5.97 Å². The first-order valence-electron chi connectivity index (χ1n) is 4.55. The summed E-state index contributed by atoms with van der Waals surface area (Å²) in [6.07, 6.45) is 5.19. The van der Waals surface area contributed by atoms with Crippen molar-refractivity contribution in [2.75, 3.05) is 0 Å². The maximum Gasteiger partial charge on any atom is 0.309 e. The molecule has 11 heavy (non-hydrogen) atoms. The third-order valence-corrected chi connectivity index (χ3v) is 3.63. The molecule has 1 saturated heterocycles.